The van der Waals surface area contributed by atoms with Gasteiger partial charge in [0.1, 0.15) is 5.15 Å². The van der Waals surface area contributed by atoms with Crippen molar-refractivity contribution in [3.05, 3.63) is 16.4 Å². The van der Waals surface area contributed by atoms with Crippen molar-refractivity contribution in [2.24, 2.45) is 7.05 Å². The maximum Gasteiger partial charge on any atom is 0.435 e. The van der Waals surface area contributed by atoms with Crippen molar-refractivity contribution < 1.29 is 27.1 Å². The van der Waals surface area contributed by atoms with Crippen LogP contribution >= 0.6 is 11.6 Å². The molecule has 0 unspecified atom stereocenters. The van der Waals surface area contributed by atoms with Gasteiger partial charge in [-0.05, 0) is 0 Å². The molecule has 1 aromatic rings. The van der Waals surface area contributed by atoms with Crippen LogP contribution in [0.2, 0.25) is 5.15 Å². The first-order valence-corrected chi connectivity index (χ1v) is 4.78. The van der Waals surface area contributed by atoms with Crippen LogP contribution in [0.25, 0.3) is 0 Å². The van der Waals surface area contributed by atoms with E-state index < -0.39 is 41.5 Å². The average molecular weight is 279 g/mol. The second kappa shape index (κ2) is 4.41. The summed E-state index contributed by atoms with van der Waals surface area (Å²) in [5.41, 5.74) is -3.13. The zero-order chi connectivity index (χ0) is 13.4. The standard InChI is InChI=1S/C8H8ClF5N2O/c1-16-6(9)4(7(10,11)2-3-17)5(15-16)8(12,13)14/h17H,2-3H2,1H3. The summed E-state index contributed by atoms with van der Waals surface area (Å²) >= 11 is 5.38. The molecule has 0 aliphatic carbocycles. The second-order valence-electron chi connectivity index (χ2n) is 3.31. The summed E-state index contributed by atoms with van der Waals surface area (Å²) in [5.74, 6) is -3.88. The molecule has 0 bridgehead atoms. The summed E-state index contributed by atoms with van der Waals surface area (Å²) in [5, 5.41) is 10.6. The monoisotopic (exact) mass is 278 g/mol. The van der Waals surface area contributed by atoms with Crippen LogP contribution in [-0.4, -0.2) is 21.5 Å². The van der Waals surface area contributed by atoms with Gasteiger partial charge >= 0.3 is 6.18 Å². The minimum Gasteiger partial charge on any atom is -0.396 e. The van der Waals surface area contributed by atoms with Crippen molar-refractivity contribution >= 4 is 11.6 Å². The normalized spacial score (nSPS) is 13.2. The summed E-state index contributed by atoms with van der Waals surface area (Å²) in [6.45, 7) is -0.963. The van der Waals surface area contributed by atoms with Crippen molar-refractivity contribution in [3.63, 3.8) is 0 Å². The molecule has 0 fully saturated rings. The number of alkyl halides is 5. The minimum atomic E-state index is -5.03. The van der Waals surface area contributed by atoms with Crippen molar-refractivity contribution in [1.29, 1.82) is 0 Å². The second-order valence-corrected chi connectivity index (χ2v) is 3.67. The molecular formula is C8H8ClF5N2O. The van der Waals surface area contributed by atoms with Crippen LogP contribution < -0.4 is 0 Å². The summed E-state index contributed by atoms with van der Waals surface area (Å²) < 4.78 is 64.8. The van der Waals surface area contributed by atoms with E-state index in [4.69, 9.17) is 16.7 Å². The van der Waals surface area contributed by atoms with Gasteiger partial charge in [0.15, 0.2) is 5.69 Å². The van der Waals surface area contributed by atoms with E-state index in [9.17, 15) is 22.0 Å². The highest BCUT2D eigenvalue weighted by Gasteiger charge is 2.47. The predicted molar refractivity (Wildman–Crippen MR) is 48.8 cm³/mol. The summed E-state index contributed by atoms with van der Waals surface area (Å²) in [6, 6.07) is 0. The lowest BCUT2D eigenvalue weighted by Crippen LogP contribution is -2.21. The molecule has 1 rings (SSSR count). The van der Waals surface area contributed by atoms with Gasteiger partial charge in [-0.1, -0.05) is 11.6 Å². The maximum absolute atomic E-state index is 13.4. The molecule has 1 heterocycles. The Kier molecular flexibility index (Phi) is 3.68. The molecule has 1 aromatic heterocycles. The van der Waals surface area contributed by atoms with E-state index in [0.29, 0.717) is 4.68 Å². The fraction of sp³-hybridized carbons (Fsp3) is 0.625. The highest BCUT2D eigenvalue weighted by atomic mass is 35.5. The Morgan fingerprint density at radius 3 is 2.24 bits per heavy atom. The fourth-order valence-electron chi connectivity index (χ4n) is 1.29. The quantitative estimate of drug-likeness (QED) is 0.863. The van der Waals surface area contributed by atoms with Crippen LogP contribution in [0.1, 0.15) is 17.7 Å². The topological polar surface area (TPSA) is 38.0 Å². The van der Waals surface area contributed by atoms with Gasteiger partial charge in [0.2, 0.25) is 0 Å². The van der Waals surface area contributed by atoms with Gasteiger partial charge in [-0.15, -0.1) is 0 Å². The van der Waals surface area contributed by atoms with E-state index in [1.807, 2.05) is 0 Å². The lowest BCUT2D eigenvalue weighted by molar-refractivity contribution is -0.146. The zero-order valence-electron chi connectivity index (χ0n) is 8.52. The molecular weight excluding hydrogens is 271 g/mol. The highest BCUT2D eigenvalue weighted by Crippen LogP contribution is 2.43. The summed E-state index contributed by atoms with van der Waals surface area (Å²) in [6.07, 6.45) is -6.18. The van der Waals surface area contributed by atoms with E-state index in [2.05, 4.69) is 5.10 Å². The van der Waals surface area contributed by atoms with E-state index in [0.717, 1.165) is 7.05 Å². The molecule has 1 N–H and O–H groups in total. The lowest BCUT2D eigenvalue weighted by Gasteiger charge is -2.16. The molecule has 0 saturated heterocycles. The van der Waals surface area contributed by atoms with Crippen LogP contribution in [0.5, 0.6) is 0 Å². The van der Waals surface area contributed by atoms with E-state index in [-0.39, 0.29) is 0 Å². The molecule has 0 saturated carbocycles. The number of aromatic nitrogens is 2. The van der Waals surface area contributed by atoms with E-state index >= 15 is 0 Å². The predicted octanol–water partition coefficient (Wildman–Crippen LogP) is 2.57. The number of aryl methyl sites for hydroxylation is 1. The maximum atomic E-state index is 13.4. The number of hydrogen-bond donors (Lipinski definition) is 1. The Hall–Kier alpha value is -0.890. The number of nitrogens with zero attached hydrogens (tertiary/aromatic N) is 2. The third-order valence-corrected chi connectivity index (χ3v) is 2.47. The highest BCUT2D eigenvalue weighted by molar-refractivity contribution is 6.30. The molecule has 0 spiro atoms. The van der Waals surface area contributed by atoms with E-state index in [1.165, 1.54) is 0 Å². The summed E-state index contributed by atoms with van der Waals surface area (Å²) in [7, 11) is 1.02. The Morgan fingerprint density at radius 1 is 1.29 bits per heavy atom. The number of aliphatic hydroxyl groups excluding tert-OH is 1. The molecule has 0 aliphatic heterocycles. The Morgan fingerprint density at radius 2 is 1.82 bits per heavy atom. The first-order valence-electron chi connectivity index (χ1n) is 4.40. The van der Waals surface area contributed by atoms with Crippen LogP contribution in [0.15, 0.2) is 0 Å². The van der Waals surface area contributed by atoms with E-state index in [1.54, 1.807) is 0 Å². The van der Waals surface area contributed by atoms with Crippen LogP contribution in [0.3, 0.4) is 0 Å². The Labute approximate surface area is 97.8 Å². The molecule has 0 aromatic carbocycles. The van der Waals surface area contributed by atoms with Crippen molar-refractivity contribution in [3.8, 4) is 0 Å². The van der Waals surface area contributed by atoms with Gasteiger partial charge in [0.05, 0.1) is 5.56 Å². The number of hydrogen-bond acceptors (Lipinski definition) is 2. The first kappa shape index (κ1) is 14.2. The molecule has 0 aliphatic rings. The number of aliphatic hydroxyl groups is 1. The molecule has 9 heteroatoms. The molecule has 0 radical (unpaired) electrons. The van der Waals surface area contributed by atoms with Gasteiger partial charge in [-0.2, -0.15) is 18.3 Å². The lowest BCUT2D eigenvalue weighted by atomic mass is 10.1. The first-order chi connectivity index (χ1) is 7.61. The number of halogens is 6. The van der Waals surface area contributed by atoms with Gasteiger partial charge in [-0.25, -0.2) is 8.78 Å². The summed E-state index contributed by atoms with van der Waals surface area (Å²) in [4.78, 5) is 0. The largest absolute Gasteiger partial charge is 0.435 e. The molecule has 98 valence electrons. The average Bonchev–Trinajstić information content (AvgIpc) is 2.43. The smallest absolute Gasteiger partial charge is 0.396 e. The molecule has 17 heavy (non-hydrogen) atoms. The van der Waals surface area contributed by atoms with Crippen LogP contribution in [-0.2, 0) is 19.1 Å². The Balaban J connectivity index is 3.41. The number of rotatable bonds is 3. The van der Waals surface area contributed by atoms with Gasteiger partial charge in [0.25, 0.3) is 5.92 Å². The SMILES string of the molecule is Cn1nc(C(F)(F)F)c(C(F)(F)CCO)c1Cl. The molecule has 0 atom stereocenters. The van der Waals surface area contributed by atoms with Crippen LogP contribution in [0, 0.1) is 0 Å². The van der Waals surface area contributed by atoms with Crippen molar-refractivity contribution in [2.45, 2.75) is 18.5 Å². The van der Waals surface area contributed by atoms with Gasteiger partial charge in [-0.3, -0.25) is 4.68 Å². The molecule has 0 amide bonds. The Bertz CT molecular complexity index is 415. The van der Waals surface area contributed by atoms with Gasteiger partial charge in [0, 0.05) is 20.1 Å². The van der Waals surface area contributed by atoms with Crippen LogP contribution in [0.4, 0.5) is 22.0 Å². The van der Waals surface area contributed by atoms with Gasteiger partial charge < -0.3 is 5.11 Å². The minimum absolute atomic E-state index is 0.519. The molecule has 3 nitrogen and oxygen atoms in total. The third-order valence-electron chi connectivity index (χ3n) is 2.04. The fourth-order valence-corrected chi connectivity index (χ4v) is 1.56. The third kappa shape index (κ3) is 2.68. The van der Waals surface area contributed by atoms with Crippen molar-refractivity contribution in [2.75, 3.05) is 6.61 Å². The zero-order valence-corrected chi connectivity index (χ0v) is 9.28. The van der Waals surface area contributed by atoms with Crippen molar-refractivity contribution in [1.82, 2.24) is 9.78 Å².